The minimum absolute atomic E-state index is 0.174. The average molecular weight is 235 g/mol. The lowest BCUT2D eigenvalue weighted by molar-refractivity contribution is 0.386. The van der Waals surface area contributed by atoms with Crippen molar-refractivity contribution < 1.29 is 9.13 Å². The topological polar surface area (TPSA) is 63.9 Å². The van der Waals surface area contributed by atoms with Gasteiger partial charge in [0.2, 0.25) is 0 Å². The molecule has 1 unspecified atom stereocenters. The summed E-state index contributed by atoms with van der Waals surface area (Å²) in [5.41, 5.74) is 7.14. The zero-order valence-corrected chi connectivity index (χ0v) is 9.70. The van der Waals surface area contributed by atoms with E-state index in [1.165, 1.54) is 13.2 Å². The molecule has 0 aliphatic rings. The van der Waals surface area contributed by atoms with E-state index in [9.17, 15) is 4.39 Å². The molecular weight excluding hydrogens is 221 g/mol. The van der Waals surface area contributed by atoms with Crippen molar-refractivity contribution in [3.63, 3.8) is 0 Å². The second-order valence-electron chi connectivity index (χ2n) is 3.82. The fourth-order valence-electron chi connectivity index (χ4n) is 1.55. The van der Waals surface area contributed by atoms with Crippen molar-refractivity contribution in [1.82, 2.24) is 9.97 Å². The molecule has 0 aliphatic carbocycles. The number of nitrogens with one attached hydrogen (secondary N) is 1. The molecule has 0 saturated carbocycles. The lowest BCUT2D eigenvalue weighted by atomic mass is 10.1. The van der Waals surface area contributed by atoms with Crippen LogP contribution in [0, 0.1) is 5.82 Å². The first kappa shape index (κ1) is 11.6. The maximum Gasteiger partial charge on any atom is 0.165 e. The van der Waals surface area contributed by atoms with E-state index in [1.807, 2.05) is 6.92 Å². The number of aromatic nitrogens is 2. The SMILES string of the molecule is COc1ccc(-c2cnc(C(C)N)[nH]2)cc1F. The summed E-state index contributed by atoms with van der Waals surface area (Å²) < 4.78 is 18.4. The van der Waals surface area contributed by atoms with Gasteiger partial charge in [-0.2, -0.15) is 0 Å². The van der Waals surface area contributed by atoms with E-state index >= 15 is 0 Å². The van der Waals surface area contributed by atoms with Gasteiger partial charge in [0, 0.05) is 5.56 Å². The van der Waals surface area contributed by atoms with Crippen LogP contribution in [0.15, 0.2) is 24.4 Å². The van der Waals surface area contributed by atoms with Gasteiger partial charge < -0.3 is 15.5 Å². The van der Waals surface area contributed by atoms with E-state index in [1.54, 1.807) is 18.3 Å². The van der Waals surface area contributed by atoms with Crippen LogP contribution in [-0.4, -0.2) is 17.1 Å². The molecule has 90 valence electrons. The Kier molecular flexibility index (Phi) is 3.10. The fraction of sp³-hybridized carbons (Fsp3) is 0.250. The van der Waals surface area contributed by atoms with Crippen molar-refractivity contribution >= 4 is 0 Å². The van der Waals surface area contributed by atoms with Crippen molar-refractivity contribution in [3.05, 3.63) is 36.0 Å². The molecule has 3 N–H and O–H groups in total. The third-order valence-electron chi connectivity index (χ3n) is 2.49. The molecule has 1 aromatic carbocycles. The van der Waals surface area contributed by atoms with E-state index in [-0.39, 0.29) is 11.8 Å². The Labute approximate surface area is 98.6 Å². The maximum atomic E-state index is 13.5. The third-order valence-corrected chi connectivity index (χ3v) is 2.49. The van der Waals surface area contributed by atoms with Crippen LogP contribution in [0.1, 0.15) is 18.8 Å². The van der Waals surface area contributed by atoms with Gasteiger partial charge in [-0.1, -0.05) is 0 Å². The number of hydrogen-bond donors (Lipinski definition) is 2. The van der Waals surface area contributed by atoms with Crippen LogP contribution < -0.4 is 10.5 Å². The van der Waals surface area contributed by atoms with E-state index in [4.69, 9.17) is 10.5 Å². The van der Waals surface area contributed by atoms with Gasteiger partial charge in [0.05, 0.1) is 25.0 Å². The van der Waals surface area contributed by atoms with Crippen molar-refractivity contribution in [2.45, 2.75) is 13.0 Å². The van der Waals surface area contributed by atoms with Crippen molar-refractivity contribution in [3.8, 4) is 17.0 Å². The number of ether oxygens (including phenoxy) is 1. The molecule has 4 nitrogen and oxygen atoms in total. The van der Waals surface area contributed by atoms with Crippen molar-refractivity contribution in [2.75, 3.05) is 7.11 Å². The predicted molar refractivity (Wildman–Crippen MR) is 63.1 cm³/mol. The Morgan fingerprint density at radius 3 is 2.76 bits per heavy atom. The monoisotopic (exact) mass is 235 g/mol. The highest BCUT2D eigenvalue weighted by molar-refractivity contribution is 5.59. The first-order chi connectivity index (χ1) is 8.11. The van der Waals surface area contributed by atoms with Crippen LogP contribution in [-0.2, 0) is 0 Å². The van der Waals surface area contributed by atoms with Crippen LogP contribution in [0.4, 0.5) is 4.39 Å². The molecule has 2 aromatic rings. The highest BCUT2D eigenvalue weighted by Gasteiger charge is 2.09. The number of halogens is 1. The highest BCUT2D eigenvalue weighted by Crippen LogP contribution is 2.24. The molecule has 0 radical (unpaired) electrons. The van der Waals surface area contributed by atoms with Crippen LogP contribution in [0.2, 0.25) is 0 Å². The van der Waals surface area contributed by atoms with Gasteiger partial charge in [-0.05, 0) is 25.1 Å². The molecule has 1 aromatic heterocycles. The number of imidazole rings is 1. The summed E-state index contributed by atoms with van der Waals surface area (Å²) >= 11 is 0. The van der Waals surface area contributed by atoms with E-state index in [0.29, 0.717) is 11.4 Å². The van der Waals surface area contributed by atoms with Crippen LogP contribution in [0.25, 0.3) is 11.3 Å². The Morgan fingerprint density at radius 2 is 2.24 bits per heavy atom. The number of benzene rings is 1. The number of nitrogens with zero attached hydrogens (tertiary/aromatic N) is 1. The van der Waals surface area contributed by atoms with Crippen LogP contribution in [0.3, 0.4) is 0 Å². The van der Waals surface area contributed by atoms with Gasteiger partial charge in [0.15, 0.2) is 11.6 Å². The zero-order valence-electron chi connectivity index (χ0n) is 9.70. The van der Waals surface area contributed by atoms with Gasteiger partial charge in [-0.25, -0.2) is 9.37 Å². The summed E-state index contributed by atoms with van der Waals surface area (Å²) in [5, 5.41) is 0. The standard InChI is InChI=1S/C12H14FN3O/c1-7(14)12-15-6-10(16-12)8-3-4-11(17-2)9(13)5-8/h3-7H,14H2,1-2H3,(H,15,16). The molecule has 0 fully saturated rings. The quantitative estimate of drug-likeness (QED) is 0.857. The second-order valence-corrected chi connectivity index (χ2v) is 3.82. The third kappa shape index (κ3) is 2.29. The van der Waals surface area contributed by atoms with E-state index in [2.05, 4.69) is 9.97 Å². The smallest absolute Gasteiger partial charge is 0.165 e. The summed E-state index contributed by atoms with van der Waals surface area (Å²) in [6.07, 6.45) is 1.64. The van der Waals surface area contributed by atoms with Crippen molar-refractivity contribution in [2.24, 2.45) is 5.73 Å². The van der Waals surface area contributed by atoms with Crippen LogP contribution >= 0.6 is 0 Å². The maximum absolute atomic E-state index is 13.5. The molecule has 17 heavy (non-hydrogen) atoms. The van der Waals surface area contributed by atoms with Gasteiger partial charge in [0.25, 0.3) is 0 Å². The molecule has 5 heteroatoms. The van der Waals surface area contributed by atoms with Gasteiger partial charge in [-0.15, -0.1) is 0 Å². The summed E-state index contributed by atoms with van der Waals surface area (Å²) in [4.78, 5) is 7.18. The largest absolute Gasteiger partial charge is 0.494 e. The Morgan fingerprint density at radius 1 is 1.47 bits per heavy atom. The van der Waals surface area contributed by atoms with Crippen LogP contribution in [0.5, 0.6) is 5.75 Å². The average Bonchev–Trinajstić information content (AvgIpc) is 2.78. The highest BCUT2D eigenvalue weighted by atomic mass is 19.1. The number of rotatable bonds is 3. The summed E-state index contributed by atoms with van der Waals surface area (Å²) in [7, 11) is 1.43. The van der Waals surface area contributed by atoms with Gasteiger partial charge in [-0.3, -0.25) is 0 Å². The molecule has 1 heterocycles. The summed E-state index contributed by atoms with van der Waals surface area (Å²) in [6, 6.07) is 4.57. The molecule has 1 atom stereocenters. The van der Waals surface area contributed by atoms with E-state index in [0.717, 1.165) is 5.69 Å². The lowest BCUT2D eigenvalue weighted by Gasteiger charge is -2.03. The molecule has 0 amide bonds. The Hall–Kier alpha value is -1.88. The second kappa shape index (κ2) is 4.55. The first-order valence-electron chi connectivity index (χ1n) is 5.26. The molecule has 0 spiro atoms. The first-order valence-corrected chi connectivity index (χ1v) is 5.26. The number of aromatic amines is 1. The van der Waals surface area contributed by atoms with E-state index < -0.39 is 5.82 Å². The molecule has 0 aliphatic heterocycles. The number of H-pyrrole nitrogens is 1. The summed E-state index contributed by atoms with van der Waals surface area (Å²) in [6.45, 7) is 1.83. The molecular formula is C12H14FN3O. The van der Waals surface area contributed by atoms with Gasteiger partial charge in [0.1, 0.15) is 5.82 Å². The fourth-order valence-corrected chi connectivity index (χ4v) is 1.55. The predicted octanol–water partition coefficient (Wildman–Crippen LogP) is 2.24. The molecule has 0 saturated heterocycles. The Bertz CT molecular complexity index is 522. The minimum Gasteiger partial charge on any atom is -0.494 e. The zero-order chi connectivity index (χ0) is 12.4. The number of hydrogen-bond acceptors (Lipinski definition) is 3. The Balaban J connectivity index is 2.36. The molecule has 2 rings (SSSR count). The normalized spacial score (nSPS) is 12.5. The number of nitrogens with two attached hydrogens (primary N) is 1. The van der Waals surface area contributed by atoms with Crippen molar-refractivity contribution in [1.29, 1.82) is 0 Å². The summed E-state index contributed by atoms with van der Waals surface area (Å²) in [5.74, 6) is 0.499. The van der Waals surface area contributed by atoms with Gasteiger partial charge >= 0.3 is 0 Å². The molecule has 0 bridgehead atoms. The lowest BCUT2D eigenvalue weighted by Crippen LogP contribution is -2.06. The minimum atomic E-state index is -0.401. The number of methoxy groups -OCH3 is 1.